The van der Waals surface area contributed by atoms with Gasteiger partial charge in [-0.2, -0.15) is 8.75 Å². The Morgan fingerprint density at radius 2 is 1.90 bits per heavy atom. The molecule has 0 bridgehead atoms. The number of carbonyl (C=O) groups excluding carboxylic acids is 1. The number of cyclic esters (lactones) is 1. The summed E-state index contributed by atoms with van der Waals surface area (Å²) in [6.07, 6.45) is 1.75. The molecule has 1 unspecified atom stereocenters. The van der Waals surface area contributed by atoms with Crippen LogP contribution in [-0.2, 0) is 21.7 Å². The minimum Gasteiger partial charge on any atom is -0.497 e. The number of aromatic nitrogens is 2. The van der Waals surface area contributed by atoms with E-state index in [1.807, 2.05) is 0 Å². The fraction of sp³-hybridized carbons (Fsp3) is 0.136. The highest BCUT2D eigenvalue weighted by atomic mass is 32.1. The number of fused-ring (bicyclic) bond motifs is 1. The summed E-state index contributed by atoms with van der Waals surface area (Å²) in [5, 5.41) is 11.6. The maximum absolute atomic E-state index is 12.9. The minimum absolute atomic E-state index is 0.198. The largest absolute Gasteiger partial charge is 0.497 e. The van der Waals surface area contributed by atoms with E-state index in [-0.39, 0.29) is 6.42 Å². The van der Waals surface area contributed by atoms with Crippen LogP contribution in [-0.4, -0.2) is 26.9 Å². The molecule has 0 saturated heterocycles. The summed E-state index contributed by atoms with van der Waals surface area (Å²) in [7, 11) is 1.57. The van der Waals surface area contributed by atoms with Crippen molar-refractivity contribution in [1.82, 2.24) is 8.75 Å². The summed E-state index contributed by atoms with van der Waals surface area (Å²) in [6, 6.07) is 15.7. The third kappa shape index (κ3) is 2.97. The van der Waals surface area contributed by atoms with Crippen molar-refractivity contribution in [2.45, 2.75) is 12.2 Å². The summed E-state index contributed by atoms with van der Waals surface area (Å²) in [5.74, 6) is -1.29. The van der Waals surface area contributed by atoms with Crippen LogP contribution in [0.1, 0.15) is 16.9 Å². The van der Waals surface area contributed by atoms with Crippen LogP contribution in [0, 0.1) is 0 Å². The molecule has 0 fully saturated rings. The van der Waals surface area contributed by atoms with E-state index in [0.717, 1.165) is 11.7 Å². The second-order valence-corrected chi connectivity index (χ2v) is 7.37. The van der Waals surface area contributed by atoms with Crippen LogP contribution in [0.3, 0.4) is 0 Å². The van der Waals surface area contributed by atoms with E-state index in [2.05, 4.69) is 8.75 Å². The second kappa shape index (κ2) is 7.08. The van der Waals surface area contributed by atoms with Gasteiger partial charge in [-0.1, -0.05) is 12.1 Å². The number of esters is 1. The van der Waals surface area contributed by atoms with Gasteiger partial charge in [0.05, 0.1) is 30.7 Å². The van der Waals surface area contributed by atoms with Crippen molar-refractivity contribution >= 4 is 34.3 Å². The zero-order valence-corrected chi connectivity index (χ0v) is 16.7. The highest BCUT2D eigenvalue weighted by Crippen LogP contribution is 2.45. The Morgan fingerprint density at radius 1 is 1.10 bits per heavy atom. The fourth-order valence-corrected chi connectivity index (χ4v) is 4.13. The third-order valence-corrected chi connectivity index (χ3v) is 5.67. The van der Waals surface area contributed by atoms with Gasteiger partial charge in [-0.05, 0) is 48.0 Å². The molecule has 4 aromatic rings. The van der Waals surface area contributed by atoms with Crippen molar-refractivity contribution in [3.05, 3.63) is 83.3 Å². The van der Waals surface area contributed by atoms with Gasteiger partial charge < -0.3 is 19.0 Å². The van der Waals surface area contributed by atoms with Gasteiger partial charge in [0.1, 0.15) is 22.5 Å². The number of aliphatic hydroxyl groups is 1. The van der Waals surface area contributed by atoms with Gasteiger partial charge in [-0.25, -0.2) is 4.79 Å². The zero-order chi connectivity index (χ0) is 20.7. The van der Waals surface area contributed by atoms with Crippen LogP contribution in [0.5, 0.6) is 5.75 Å². The van der Waals surface area contributed by atoms with Gasteiger partial charge in [-0.15, -0.1) is 0 Å². The van der Waals surface area contributed by atoms with E-state index >= 15 is 0 Å². The van der Waals surface area contributed by atoms with Gasteiger partial charge in [-0.3, -0.25) is 0 Å². The molecule has 3 heterocycles. The quantitative estimate of drug-likeness (QED) is 0.492. The van der Waals surface area contributed by atoms with Crippen molar-refractivity contribution in [2.75, 3.05) is 7.11 Å². The highest BCUT2D eigenvalue weighted by Gasteiger charge is 2.48. The van der Waals surface area contributed by atoms with Crippen LogP contribution >= 0.6 is 11.7 Å². The van der Waals surface area contributed by atoms with Gasteiger partial charge in [0, 0.05) is 17.6 Å². The smallest absolute Gasteiger partial charge is 0.342 e. The maximum atomic E-state index is 12.9. The predicted molar refractivity (Wildman–Crippen MR) is 110 cm³/mol. The van der Waals surface area contributed by atoms with Crippen LogP contribution in [0.4, 0.5) is 0 Å². The molecule has 2 aromatic heterocycles. The molecule has 1 N–H and O–H groups in total. The molecule has 0 spiro atoms. The molecular weight excluding hydrogens is 404 g/mol. The van der Waals surface area contributed by atoms with Gasteiger partial charge in [0.2, 0.25) is 0 Å². The lowest BCUT2D eigenvalue weighted by atomic mass is 9.89. The molecule has 1 aliphatic heterocycles. The van der Waals surface area contributed by atoms with Crippen molar-refractivity contribution in [2.24, 2.45) is 0 Å². The molecule has 2 aromatic carbocycles. The Morgan fingerprint density at radius 3 is 2.63 bits per heavy atom. The number of hydrogen-bond acceptors (Lipinski definition) is 8. The Hall–Kier alpha value is -3.49. The van der Waals surface area contributed by atoms with Gasteiger partial charge in [0.25, 0.3) is 5.79 Å². The standard InChI is InChI=1S/C22H16N2O5S/c1-27-15-7-4-13(5-8-15)20-17(12-16-3-2-10-28-16)22(26,29-21(20)25)14-6-9-18-19(11-14)24-30-23-18/h2-11,26H,12H2,1H3. The number of nitrogens with zero attached hydrogens (tertiary/aromatic N) is 2. The molecule has 5 rings (SSSR count). The average Bonchev–Trinajstić information content (AvgIpc) is 3.49. The molecule has 1 atom stereocenters. The van der Waals surface area contributed by atoms with E-state index in [1.54, 1.807) is 68.0 Å². The molecule has 0 radical (unpaired) electrons. The Bertz CT molecular complexity index is 1260. The fourth-order valence-electron chi connectivity index (χ4n) is 3.61. The first-order chi connectivity index (χ1) is 14.6. The topological polar surface area (TPSA) is 94.7 Å². The average molecular weight is 420 g/mol. The number of methoxy groups -OCH3 is 1. The molecule has 8 heteroatoms. The summed E-state index contributed by atoms with van der Waals surface area (Å²) >= 11 is 1.08. The molecule has 30 heavy (non-hydrogen) atoms. The molecule has 150 valence electrons. The first kappa shape index (κ1) is 18.5. The monoisotopic (exact) mass is 420 g/mol. The minimum atomic E-state index is -1.95. The third-order valence-electron chi connectivity index (χ3n) is 5.11. The summed E-state index contributed by atoms with van der Waals surface area (Å²) in [4.78, 5) is 12.9. The first-order valence-corrected chi connectivity index (χ1v) is 9.90. The molecule has 1 aliphatic rings. The van der Waals surface area contributed by atoms with Crippen LogP contribution in [0.25, 0.3) is 16.6 Å². The van der Waals surface area contributed by atoms with E-state index in [0.29, 0.717) is 44.8 Å². The predicted octanol–water partition coefficient (Wildman–Crippen LogP) is 3.69. The second-order valence-electron chi connectivity index (χ2n) is 6.84. The van der Waals surface area contributed by atoms with Crippen LogP contribution < -0.4 is 4.74 Å². The summed E-state index contributed by atoms with van der Waals surface area (Å²) < 4.78 is 24.7. The molecule has 0 saturated carbocycles. The Labute approximate surface area is 175 Å². The van der Waals surface area contributed by atoms with Crippen molar-refractivity contribution in [1.29, 1.82) is 0 Å². The lowest BCUT2D eigenvalue weighted by molar-refractivity contribution is -0.185. The number of hydrogen-bond donors (Lipinski definition) is 1. The zero-order valence-electron chi connectivity index (χ0n) is 15.9. The number of rotatable bonds is 5. The lowest BCUT2D eigenvalue weighted by Crippen LogP contribution is -2.29. The Kier molecular flexibility index (Phi) is 4.38. The van der Waals surface area contributed by atoms with Gasteiger partial charge >= 0.3 is 5.97 Å². The lowest BCUT2D eigenvalue weighted by Gasteiger charge is -2.25. The molecule has 7 nitrogen and oxygen atoms in total. The maximum Gasteiger partial charge on any atom is 0.342 e. The number of carbonyl (C=O) groups is 1. The summed E-state index contributed by atoms with van der Waals surface area (Å²) in [6.45, 7) is 0. The molecular formula is C22H16N2O5S. The summed E-state index contributed by atoms with van der Waals surface area (Å²) in [5.41, 5.74) is 3.06. The Balaban J connectivity index is 1.69. The van der Waals surface area contributed by atoms with Crippen LogP contribution in [0.15, 0.2) is 70.9 Å². The van der Waals surface area contributed by atoms with Crippen molar-refractivity contribution in [3.63, 3.8) is 0 Å². The normalized spacial score (nSPS) is 18.8. The van der Waals surface area contributed by atoms with Gasteiger partial charge in [0.15, 0.2) is 0 Å². The number of furan rings is 1. The highest BCUT2D eigenvalue weighted by molar-refractivity contribution is 7.00. The number of benzene rings is 2. The van der Waals surface area contributed by atoms with Crippen molar-refractivity contribution < 1.29 is 23.8 Å². The van der Waals surface area contributed by atoms with E-state index in [4.69, 9.17) is 13.9 Å². The van der Waals surface area contributed by atoms with Crippen LogP contribution in [0.2, 0.25) is 0 Å². The van der Waals surface area contributed by atoms with E-state index in [9.17, 15) is 9.90 Å². The number of ether oxygens (including phenoxy) is 2. The molecule has 0 amide bonds. The van der Waals surface area contributed by atoms with Crippen molar-refractivity contribution in [3.8, 4) is 5.75 Å². The molecule has 0 aliphatic carbocycles. The first-order valence-electron chi connectivity index (χ1n) is 9.17. The van der Waals surface area contributed by atoms with E-state index in [1.165, 1.54) is 0 Å². The SMILES string of the molecule is COc1ccc(C2=C(Cc3ccco3)C(O)(c3ccc4nsnc4c3)OC2=O)cc1. The van der Waals surface area contributed by atoms with E-state index < -0.39 is 11.8 Å².